The molecule has 102 valence electrons. The summed E-state index contributed by atoms with van der Waals surface area (Å²) in [5.41, 5.74) is 3.21. The van der Waals surface area contributed by atoms with E-state index < -0.39 is 0 Å². The number of aromatic amines is 1. The van der Waals surface area contributed by atoms with Crippen LogP contribution in [0.1, 0.15) is 12.7 Å². The van der Waals surface area contributed by atoms with E-state index in [2.05, 4.69) is 50.2 Å². The molecular formula is C15H17N5. The minimum Gasteiger partial charge on any atom is -0.378 e. The van der Waals surface area contributed by atoms with Crippen LogP contribution in [0.4, 0.5) is 5.69 Å². The summed E-state index contributed by atoms with van der Waals surface area (Å²) in [6.45, 7) is 3.77. The molecule has 0 amide bonds. The van der Waals surface area contributed by atoms with Gasteiger partial charge in [0.15, 0.2) is 0 Å². The Balaban J connectivity index is 1.74. The second kappa shape index (κ2) is 5.61. The lowest BCUT2D eigenvalue weighted by atomic mass is 10.1. The zero-order chi connectivity index (χ0) is 13.8. The first-order valence-corrected chi connectivity index (χ1v) is 6.70. The topological polar surface area (TPSA) is 58.5 Å². The Morgan fingerprint density at radius 1 is 1.25 bits per heavy atom. The van der Waals surface area contributed by atoms with Crippen LogP contribution >= 0.6 is 0 Å². The number of rotatable bonds is 5. The predicted molar refractivity (Wildman–Crippen MR) is 79.3 cm³/mol. The lowest BCUT2D eigenvalue weighted by Crippen LogP contribution is -2.07. The van der Waals surface area contributed by atoms with Gasteiger partial charge in [0.1, 0.15) is 5.82 Å². The number of aromatic nitrogens is 4. The third kappa shape index (κ3) is 2.56. The molecule has 0 aliphatic rings. The van der Waals surface area contributed by atoms with Crippen molar-refractivity contribution in [2.75, 3.05) is 5.32 Å². The molecule has 0 saturated carbocycles. The third-order valence-corrected chi connectivity index (χ3v) is 3.27. The molecule has 0 unspecified atom stereocenters. The molecule has 20 heavy (non-hydrogen) atoms. The highest BCUT2D eigenvalue weighted by atomic mass is 15.1. The molecule has 0 saturated heterocycles. The Labute approximate surface area is 117 Å². The first-order valence-electron chi connectivity index (χ1n) is 6.70. The third-order valence-electron chi connectivity index (χ3n) is 3.27. The largest absolute Gasteiger partial charge is 0.378 e. The highest BCUT2D eigenvalue weighted by Gasteiger charge is 2.03. The van der Waals surface area contributed by atoms with Gasteiger partial charge in [-0.25, -0.2) is 4.98 Å². The number of H-pyrrole nitrogens is 1. The maximum Gasteiger partial charge on any atom is 0.128 e. The quantitative estimate of drug-likeness (QED) is 0.747. The number of hydrogen-bond acceptors (Lipinski definition) is 3. The van der Waals surface area contributed by atoms with Crippen molar-refractivity contribution < 1.29 is 0 Å². The van der Waals surface area contributed by atoms with Gasteiger partial charge < -0.3 is 9.88 Å². The molecule has 3 aromatic rings. The molecule has 0 aliphatic carbocycles. The normalized spacial score (nSPS) is 10.7. The van der Waals surface area contributed by atoms with Crippen molar-refractivity contribution in [3.63, 3.8) is 0 Å². The fourth-order valence-corrected chi connectivity index (χ4v) is 2.19. The summed E-state index contributed by atoms with van der Waals surface area (Å²) in [7, 11) is 0. The Morgan fingerprint density at radius 3 is 3.00 bits per heavy atom. The average Bonchev–Trinajstić information content (AvgIpc) is 3.16. The van der Waals surface area contributed by atoms with E-state index in [0.717, 1.165) is 29.3 Å². The van der Waals surface area contributed by atoms with Crippen molar-refractivity contribution in [3.8, 4) is 11.3 Å². The molecule has 5 heteroatoms. The van der Waals surface area contributed by atoms with E-state index in [1.165, 1.54) is 0 Å². The molecule has 1 aromatic carbocycles. The monoisotopic (exact) mass is 267 g/mol. The maximum absolute atomic E-state index is 4.36. The number of nitrogens with zero attached hydrogens (tertiary/aromatic N) is 3. The van der Waals surface area contributed by atoms with E-state index in [9.17, 15) is 0 Å². The molecule has 0 bridgehead atoms. The lowest BCUT2D eigenvalue weighted by Gasteiger charge is -2.09. The second-order valence-corrected chi connectivity index (χ2v) is 4.53. The van der Waals surface area contributed by atoms with Crippen LogP contribution in [0, 0.1) is 0 Å². The highest BCUT2D eigenvalue weighted by Crippen LogP contribution is 2.20. The van der Waals surface area contributed by atoms with Gasteiger partial charge in [-0.15, -0.1) is 0 Å². The van der Waals surface area contributed by atoms with Crippen LogP contribution in [0.5, 0.6) is 0 Å². The van der Waals surface area contributed by atoms with E-state index in [0.29, 0.717) is 6.54 Å². The van der Waals surface area contributed by atoms with Gasteiger partial charge in [0.25, 0.3) is 0 Å². The van der Waals surface area contributed by atoms with E-state index in [-0.39, 0.29) is 0 Å². The number of imidazole rings is 1. The summed E-state index contributed by atoms with van der Waals surface area (Å²) in [6, 6.07) is 10.2. The molecule has 2 aromatic heterocycles. The van der Waals surface area contributed by atoms with Crippen LogP contribution in [-0.4, -0.2) is 19.7 Å². The number of aryl methyl sites for hydroxylation is 1. The van der Waals surface area contributed by atoms with Crippen LogP contribution in [0.25, 0.3) is 11.3 Å². The number of anilines is 1. The number of benzene rings is 1. The van der Waals surface area contributed by atoms with Crippen LogP contribution in [0.15, 0.2) is 48.9 Å². The molecule has 2 N–H and O–H groups in total. The second-order valence-electron chi connectivity index (χ2n) is 4.53. The SMILES string of the molecule is CCn1ccnc1CNc1cccc(-c2ccn[nH]2)c1. The maximum atomic E-state index is 4.36. The lowest BCUT2D eigenvalue weighted by molar-refractivity contribution is 0.708. The molecule has 2 heterocycles. The Hall–Kier alpha value is -2.56. The van der Waals surface area contributed by atoms with Gasteiger partial charge in [-0.2, -0.15) is 5.10 Å². The molecule has 0 spiro atoms. The smallest absolute Gasteiger partial charge is 0.128 e. The first kappa shape index (κ1) is 12.5. The number of hydrogen-bond donors (Lipinski definition) is 2. The Kier molecular flexibility index (Phi) is 3.50. The first-order chi connectivity index (χ1) is 9.86. The minimum absolute atomic E-state index is 0.716. The predicted octanol–water partition coefficient (Wildman–Crippen LogP) is 2.91. The molecule has 0 atom stereocenters. The van der Waals surface area contributed by atoms with Gasteiger partial charge in [0.05, 0.1) is 12.2 Å². The summed E-state index contributed by atoms with van der Waals surface area (Å²) in [5, 5.41) is 10.4. The zero-order valence-electron chi connectivity index (χ0n) is 11.4. The van der Waals surface area contributed by atoms with Gasteiger partial charge >= 0.3 is 0 Å². The van der Waals surface area contributed by atoms with Crippen LogP contribution in [-0.2, 0) is 13.1 Å². The molecule has 5 nitrogen and oxygen atoms in total. The van der Waals surface area contributed by atoms with Crippen molar-refractivity contribution in [2.24, 2.45) is 0 Å². The Morgan fingerprint density at radius 2 is 2.20 bits per heavy atom. The fourth-order valence-electron chi connectivity index (χ4n) is 2.19. The van der Waals surface area contributed by atoms with Crippen LogP contribution in [0.3, 0.4) is 0 Å². The minimum atomic E-state index is 0.716. The van der Waals surface area contributed by atoms with Crippen molar-refractivity contribution in [2.45, 2.75) is 20.0 Å². The van der Waals surface area contributed by atoms with Crippen molar-refractivity contribution in [1.82, 2.24) is 19.7 Å². The van der Waals surface area contributed by atoms with Gasteiger partial charge in [-0.1, -0.05) is 12.1 Å². The molecular weight excluding hydrogens is 250 g/mol. The van der Waals surface area contributed by atoms with Gasteiger partial charge in [0.2, 0.25) is 0 Å². The van der Waals surface area contributed by atoms with Crippen LogP contribution < -0.4 is 5.32 Å². The zero-order valence-corrected chi connectivity index (χ0v) is 11.4. The summed E-state index contributed by atoms with van der Waals surface area (Å²) in [6.07, 6.45) is 5.59. The van der Waals surface area contributed by atoms with Crippen molar-refractivity contribution in [1.29, 1.82) is 0 Å². The molecule has 3 rings (SSSR count). The van der Waals surface area contributed by atoms with Crippen LogP contribution in [0.2, 0.25) is 0 Å². The summed E-state index contributed by atoms with van der Waals surface area (Å²) < 4.78 is 2.13. The van der Waals surface area contributed by atoms with E-state index >= 15 is 0 Å². The van der Waals surface area contributed by atoms with Gasteiger partial charge in [-0.05, 0) is 25.1 Å². The van der Waals surface area contributed by atoms with Gasteiger partial charge in [0, 0.05) is 36.4 Å². The van der Waals surface area contributed by atoms with Crippen molar-refractivity contribution in [3.05, 3.63) is 54.7 Å². The summed E-state index contributed by atoms with van der Waals surface area (Å²) >= 11 is 0. The molecule has 0 aliphatic heterocycles. The Bertz CT molecular complexity index is 669. The fraction of sp³-hybridized carbons (Fsp3) is 0.200. The summed E-state index contributed by atoms with van der Waals surface area (Å²) in [4.78, 5) is 4.36. The molecule has 0 fully saturated rings. The highest BCUT2D eigenvalue weighted by molar-refractivity contribution is 5.64. The standard InChI is InChI=1S/C15H17N5/c1-2-20-9-8-16-15(20)11-17-13-5-3-4-12(10-13)14-6-7-18-19-14/h3-10,17H,2,11H2,1H3,(H,18,19). The van der Waals surface area contributed by atoms with E-state index in [4.69, 9.17) is 0 Å². The number of nitrogens with one attached hydrogen (secondary N) is 2. The van der Waals surface area contributed by atoms with Crippen molar-refractivity contribution >= 4 is 5.69 Å². The average molecular weight is 267 g/mol. The summed E-state index contributed by atoms with van der Waals surface area (Å²) in [5.74, 6) is 1.04. The van der Waals surface area contributed by atoms with E-state index in [1.807, 2.05) is 24.5 Å². The molecule has 0 radical (unpaired) electrons. The van der Waals surface area contributed by atoms with Gasteiger partial charge in [-0.3, -0.25) is 5.10 Å². The van der Waals surface area contributed by atoms with E-state index in [1.54, 1.807) is 6.20 Å².